The number of aliphatic hydroxyl groups is 2. The number of hydrogen-bond acceptors (Lipinski definition) is 6. The van der Waals surface area contributed by atoms with Crippen molar-refractivity contribution in [2.75, 3.05) is 9.80 Å². The van der Waals surface area contributed by atoms with E-state index in [0.29, 0.717) is 48.2 Å². The number of anilines is 2. The molecule has 2 aliphatic rings. The van der Waals surface area contributed by atoms with Gasteiger partial charge in [0.15, 0.2) is 0 Å². The van der Waals surface area contributed by atoms with Crippen LogP contribution in [0.2, 0.25) is 0 Å². The number of halogens is 4. The minimum atomic E-state index is -0.807. The van der Waals surface area contributed by atoms with Crippen molar-refractivity contribution in [1.82, 2.24) is 0 Å². The van der Waals surface area contributed by atoms with Crippen LogP contribution in [0.5, 0.6) is 11.5 Å². The van der Waals surface area contributed by atoms with Gasteiger partial charge < -0.3 is 30.2 Å². The van der Waals surface area contributed by atoms with Gasteiger partial charge in [0.25, 0.3) is 0 Å². The Morgan fingerprint density at radius 2 is 0.717 bits per heavy atom. The molecule has 2 saturated heterocycles. The Morgan fingerprint density at radius 3 is 1.02 bits per heavy atom. The molecule has 6 atom stereocenters. The molecule has 6 aromatic carbocycles. The summed E-state index contributed by atoms with van der Waals surface area (Å²) in [5.74, 6) is -2.20. The van der Waals surface area contributed by atoms with E-state index in [2.05, 4.69) is 0 Å². The van der Waals surface area contributed by atoms with Crippen LogP contribution >= 0.6 is 0 Å². The molecule has 12 heteroatoms. The van der Waals surface area contributed by atoms with Crippen LogP contribution in [0.1, 0.15) is 72.2 Å². The first-order chi connectivity index (χ1) is 28.9. The molecule has 8 nitrogen and oxygen atoms in total. The molecule has 8 rings (SSSR count). The molecule has 0 radical (unpaired) electrons. The summed E-state index contributed by atoms with van der Waals surface area (Å²) in [6, 6.07) is 35.5. The van der Waals surface area contributed by atoms with Gasteiger partial charge >= 0.3 is 0 Å². The molecule has 60 heavy (non-hydrogen) atoms. The van der Waals surface area contributed by atoms with Crippen molar-refractivity contribution in [3.05, 3.63) is 191 Å². The number of amides is 2. The SMILES string of the molecule is O=C1[C@H](CC[C@@H](O)c2ccc(F)cc2)[C@@H](c2ccc(O)cc2)N1c1ccc(F)cc1.O=C1[C@H](CC[C@H](O)c2ccc(F)cc2)[C@@H](c2ccc(O)cc2)N1c1ccc(F)cc1. The predicted molar refractivity (Wildman–Crippen MR) is 218 cm³/mol. The van der Waals surface area contributed by atoms with Gasteiger partial charge in [0.2, 0.25) is 11.8 Å². The fourth-order valence-electron chi connectivity index (χ4n) is 7.92. The zero-order chi connectivity index (χ0) is 42.5. The van der Waals surface area contributed by atoms with Crippen LogP contribution in [0, 0.1) is 35.1 Å². The van der Waals surface area contributed by atoms with Gasteiger partial charge in [-0.1, -0.05) is 48.5 Å². The molecule has 2 aliphatic heterocycles. The summed E-state index contributed by atoms with van der Waals surface area (Å²) in [6.45, 7) is 0. The van der Waals surface area contributed by atoms with E-state index in [4.69, 9.17) is 0 Å². The lowest BCUT2D eigenvalue weighted by molar-refractivity contribution is -0.131. The van der Waals surface area contributed by atoms with E-state index >= 15 is 0 Å². The molecule has 2 heterocycles. The first-order valence-electron chi connectivity index (χ1n) is 19.5. The Bertz CT molecular complexity index is 2210. The number of carbonyl (C=O) groups is 2. The first kappa shape index (κ1) is 41.7. The average Bonchev–Trinajstić information content (AvgIpc) is 3.24. The molecule has 4 N–H and O–H groups in total. The first-order valence-corrected chi connectivity index (χ1v) is 19.5. The Morgan fingerprint density at radius 1 is 0.433 bits per heavy atom. The zero-order valence-electron chi connectivity index (χ0n) is 32.2. The molecule has 0 spiro atoms. The number of hydrogen-bond donors (Lipinski definition) is 4. The summed E-state index contributed by atoms with van der Waals surface area (Å²) in [4.78, 5) is 29.1. The Hall–Kier alpha value is -6.50. The molecular formula is C48H42F4N2O6. The number of benzene rings is 6. The summed E-state index contributed by atoms with van der Waals surface area (Å²) in [5, 5.41) is 40.1. The lowest BCUT2D eigenvalue weighted by Crippen LogP contribution is -2.55. The number of aromatic hydroxyl groups is 2. The summed E-state index contributed by atoms with van der Waals surface area (Å²) < 4.78 is 52.9. The van der Waals surface area contributed by atoms with E-state index in [9.17, 15) is 47.6 Å². The van der Waals surface area contributed by atoms with Crippen LogP contribution in [0.25, 0.3) is 0 Å². The molecule has 0 aliphatic carbocycles. The number of β-lactam (4-membered cyclic amide) rings is 2. The van der Waals surface area contributed by atoms with Crippen LogP contribution in [-0.2, 0) is 9.59 Å². The van der Waals surface area contributed by atoms with E-state index in [1.165, 1.54) is 72.8 Å². The van der Waals surface area contributed by atoms with Crippen LogP contribution < -0.4 is 9.80 Å². The van der Waals surface area contributed by atoms with E-state index < -0.39 is 12.2 Å². The minimum Gasteiger partial charge on any atom is -0.508 e. The fraction of sp³-hybridized carbons (Fsp3) is 0.208. The number of aliphatic hydroxyl groups excluding tert-OH is 2. The largest absolute Gasteiger partial charge is 0.508 e. The maximum Gasteiger partial charge on any atom is 0.233 e. The van der Waals surface area contributed by atoms with E-state index in [0.717, 1.165) is 11.1 Å². The summed E-state index contributed by atoms with van der Waals surface area (Å²) in [6.07, 6.45) is -0.0688. The maximum atomic E-state index is 13.3. The Kier molecular flexibility index (Phi) is 12.6. The number of nitrogens with zero attached hydrogens (tertiary/aromatic N) is 2. The van der Waals surface area contributed by atoms with Crippen LogP contribution in [-0.4, -0.2) is 32.2 Å². The van der Waals surface area contributed by atoms with Gasteiger partial charge in [-0.05, 0) is 145 Å². The molecule has 0 saturated carbocycles. The lowest BCUT2D eigenvalue weighted by Gasteiger charge is -2.48. The molecule has 2 fully saturated rings. The van der Waals surface area contributed by atoms with Crippen molar-refractivity contribution in [2.24, 2.45) is 11.8 Å². The van der Waals surface area contributed by atoms with Crippen molar-refractivity contribution in [3.63, 3.8) is 0 Å². The fourth-order valence-corrected chi connectivity index (χ4v) is 7.92. The number of rotatable bonds is 12. The predicted octanol–water partition coefficient (Wildman–Crippen LogP) is 9.78. The molecule has 308 valence electrons. The van der Waals surface area contributed by atoms with Crippen molar-refractivity contribution >= 4 is 23.2 Å². The normalized spacial score (nSPS) is 19.4. The molecule has 2 amide bonds. The highest BCUT2D eigenvalue weighted by molar-refractivity contribution is 6.04. The van der Waals surface area contributed by atoms with E-state index in [1.807, 2.05) is 0 Å². The molecular weight excluding hydrogens is 777 g/mol. The second-order valence-electron chi connectivity index (χ2n) is 14.9. The van der Waals surface area contributed by atoms with Crippen LogP contribution in [0.4, 0.5) is 28.9 Å². The summed E-state index contributed by atoms with van der Waals surface area (Å²) >= 11 is 0. The second-order valence-corrected chi connectivity index (χ2v) is 14.9. The van der Waals surface area contributed by atoms with Crippen molar-refractivity contribution in [3.8, 4) is 11.5 Å². The Labute approximate surface area is 344 Å². The monoisotopic (exact) mass is 818 g/mol. The molecule has 0 unspecified atom stereocenters. The zero-order valence-corrected chi connectivity index (χ0v) is 32.2. The molecule has 6 aromatic rings. The summed E-state index contributed by atoms with van der Waals surface area (Å²) in [7, 11) is 0. The topological polar surface area (TPSA) is 122 Å². The highest BCUT2D eigenvalue weighted by Gasteiger charge is 2.49. The Balaban J connectivity index is 0.000000181. The van der Waals surface area contributed by atoms with E-state index in [-0.39, 0.29) is 70.5 Å². The van der Waals surface area contributed by atoms with Crippen molar-refractivity contribution in [1.29, 1.82) is 0 Å². The highest BCUT2D eigenvalue weighted by atomic mass is 19.1. The van der Waals surface area contributed by atoms with Gasteiger partial charge in [0.05, 0.1) is 36.1 Å². The average molecular weight is 819 g/mol. The smallest absolute Gasteiger partial charge is 0.233 e. The quantitative estimate of drug-likeness (QED) is 0.0721. The molecule has 0 bridgehead atoms. The second kappa shape index (κ2) is 18.2. The summed E-state index contributed by atoms with van der Waals surface area (Å²) in [5.41, 5.74) is 4.07. The number of phenols is 2. The number of carbonyl (C=O) groups excluding carboxylic acids is 2. The van der Waals surface area contributed by atoms with Gasteiger partial charge in [-0.15, -0.1) is 0 Å². The molecule has 0 aromatic heterocycles. The van der Waals surface area contributed by atoms with Crippen molar-refractivity contribution in [2.45, 2.75) is 50.0 Å². The third kappa shape index (κ3) is 9.20. The van der Waals surface area contributed by atoms with Gasteiger partial charge in [-0.3, -0.25) is 9.59 Å². The van der Waals surface area contributed by atoms with Crippen LogP contribution in [0.3, 0.4) is 0 Å². The van der Waals surface area contributed by atoms with E-state index in [1.54, 1.807) is 82.6 Å². The minimum absolute atomic E-state index is 0.106. The third-order valence-corrected chi connectivity index (χ3v) is 11.1. The van der Waals surface area contributed by atoms with Gasteiger partial charge in [-0.2, -0.15) is 0 Å². The third-order valence-electron chi connectivity index (χ3n) is 11.1. The lowest BCUT2D eigenvalue weighted by atomic mass is 9.78. The van der Waals surface area contributed by atoms with Crippen molar-refractivity contribution < 1.29 is 47.6 Å². The standard InChI is InChI=1S/2C24H21F2NO3/c2*25-17-5-1-15(2-6-17)22(29)14-13-21-23(16-3-11-20(28)12-4-16)27(24(21)30)19-9-7-18(26)8-10-19/h2*1-12,21-23,28-29H,13-14H2/t21-,22+,23-;21-,22-,23-/m11/s1. The number of phenolic OH excluding ortho intramolecular Hbond substituents is 2. The van der Waals surface area contributed by atoms with Gasteiger partial charge in [0.1, 0.15) is 34.8 Å². The van der Waals surface area contributed by atoms with Gasteiger partial charge in [0, 0.05) is 11.4 Å². The van der Waals surface area contributed by atoms with Gasteiger partial charge in [-0.25, -0.2) is 17.6 Å². The maximum absolute atomic E-state index is 13.3. The van der Waals surface area contributed by atoms with Crippen LogP contribution in [0.15, 0.2) is 146 Å². The highest BCUT2D eigenvalue weighted by Crippen LogP contribution is 2.48.